The third-order valence-corrected chi connectivity index (χ3v) is 2.50. The van der Waals surface area contributed by atoms with Crippen molar-refractivity contribution in [1.82, 2.24) is 0 Å². The Morgan fingerprint density at radius 3 is 2.44 bits per heavy atom. The van der Waals surface area contributed by atoms with Gasteiger partial charge in [-0.2, -0.15) is 5.26 Å². The smallest absolute Gasteiger partial charge is 0.262 e. The lowest BCUT2D eigenvalue weighted by Gasteiger charge is -2.08. The van der Waals surface area contributed by atoms with Gasteiger partial charge in [0.2, 0.25) is 0 Å². The van der Waals surface area contributed by atoms with Gasteiger partial charge in [-0.15, -0.1) is 0 Å². The molecule has 0 aliphatic heterocycles. The number of nitrogens with zero attached hydrogens (tertiary/aromatic N) is 1. The summed E-state index contributed by atoms with van der Waals surface area (Å²) < 4.78 is 5.57. The Morgan fingerprint density at radius 2 is 1.72 bits per heavy atom. The minimum atomic E-state index is -0.540. The first kappa shape index (κ1) is 11.9. The largest absolute Gasteiger partial charge is 0.489 e. The van der Waals surface area contributed by atoms with E-state index in [9.17, 15) is 4.79 Å². The Labute approximate surface area is 105 Å². The van der Waals surface area contributed by atoms with Crippen molar-refractivity contribution in [3.8, 4) is 11.8 Å². The fraction of sp³-hybridized carbons (Fsp3) is 0.0667. The summed E-state index contributed by atoms with van der Waals surface area (Å²) in [6, 6.07) is 17.9. The second kappa shape index (κ2) is 5.65. The van der Waals surface area contributed by atoms with Gasteiger partial charge in [0, 0.05) is 11.1 Å². The molecule has 88 valence electrons. The molecule has 0 atom stereocenters. The topological polar surface area (TPSA) is 50.1 Å². The molecule has 0 aliphatic rings. The van der Waals surface area contributed by atoms with Crippen molar-refractivity contribution < 1.29 is 9.53 Å². The first-order chi connectivity index (χ1) is 8.81. The van der Waals surface area contributed by atoms with Crippen molar-refractivity contribution in [3.63, 3.8) is 0 Å². The zero-order valence-corrected chi connectivity index (χ0v) is 9.67. The molecular formula is C15H11NO2. The predicted octanol–water partition coefficient (Wildman–Crippen LogP) is 2.97. The van der Waals surface area contributed by atoms with Crippen molar-refractivity contribution in [2.45, 2.75) is 6.61 Å². The van der Waals surface area contributed by atoms with Crippen LogP contribution >= 0.6 is 0 Å². The van der Waals surface area contributed by atoms with Gasteiger partial charge in [0.05, 0.1) is 0 Å². The van der Waals surface area contributed by atoms with E-state index in [1.807, 2.05) is 36.4 Å². The van der Waals surface area contributed by atoms with Crippen LogP contribution in [-0.2, 0) is 6.61 Å². The highest BCUT2D eigenvalue weighted by atomic mass is 16.5. The van der Waals surface area contributed by atoms with Gasteiger partial charge in [0.25, 0.3) is 5.78 Å². The van der Waals surface area contributed by atoms with E-state index in [4.69, 9.17) is 10.00 Å². The van der Waals surface area contributed by atoms with E-state index in [-0.39, 0.29) is 6.61 Å². The molecule has 2 rings (SSSR count). The number of rotatable bonds is 4. The molecule has 0 saturated heterocycles. The molecule has 0 amide bonds. The standard InChI is InChI=1S/C15H11NO2/c16-10-15(17)14-9-5-4-6-12(14)11-18-13-7-2-1-3-8-13/h1-9H,11H2. The number of hydrogen-bond donors (Lipinski definition) is 0. The molecule has 0 radical (unpaired) electrons. The Kier molecular flexibility index (Phi) is 3.72. The number of hydrogen-bond acceptors (Lipinski definition) is 3. The zero-order chi connectivity index (χ0) is 12.8. The molecule has 0 aromatic heterocycles. The highest BCUT2D eigenvalue weighted by Crippen LogP contribution is 2.14. The molecule has 0 spiro atoms. The fourth-order valence-electron chi connectivity index (χ4n) is 1.61. The lowest BCUT2D eigenvalue weighted by molar-refractivity contribution is 0.105. The van der Waals surface area contributed by atoms with Gasteiger partial charge in [0.15, 0.2) is 0 Å². The molecule has 0 N–H and O–H groups in total. The molecule has 0 aliphatic carbocycles. The van der Waals surface area contributed by atoms with Gasteiger partial charge in [0.1, 0.15) is 18.4 Å². The van der Waals surface area contributed by atoms with E-state index in [0.717, 1.165) is 5.75 Å². The van der Waals surface area contributed by atoms with Gasteiger partial charge in [-0.05, 0) is 18.2 Å². The van der Waals surface area contributed by atoms with Crippen molar-refractivity contribution in [1.29, 1.82) is 5.26 Å². The first-order valence-corrected chi connectivity index (χ1v) is 5.51. The van der Waals surface area contributed by atoms with E-state index in [0.29, 0.717) is 11.1 Å². The number of para-hydroxylation sites is 1. The number of ether oxygens (including phenoxy) is 1. The Balaban J connectivity index is 2.15. The van der Waals surface area contributed by atoms with Gasteiger partial charge in [-0.25, -0.2) is 0 Å². The summed E-state index contributed by atoms with van der Waals surface area (Å²) in [5, 5.41) is 8.66. The number of carbonyl (C=O) groups is 1. The average Bonchev–Trinajstić information content (AvgIpc) is 2.45. The second-order valence-electron chi connectivity index (χ2n) is 3.70. The van der Waals surface area contributed by atoms with Crippen molar-refractivity contribution in [2.75, 3.05) is 0 Å². The normalized spacial score (nSPS) is 9.50. The van der Waals surface area contributed by atoms with Crippen LogP contribution < -0.4 is 4.74 Å². The fourth-order valence-corrected chi connectivity index (χ4v) is 1.61. The summed E-state index contributed by atoms with van der Waals surface area (Å²) in [5.41, 5.74) is 1.11. The number of benzene rings is 2. The minimum absolute atomic E-state index is 0.271. The minimum Gasteiger partial charge on any atom is -0.489 e. The third kappa shape index (κ3) is 2.74. The lowest BCUT2D eigenvalue weighted by atomic mass is 10.1. The van der Waals surface area contributed by atoms with Crippen LogP contribution in [0.1, 0.15) is 15.9 Å². The zero-order valence-electron chi connectivity index (χ0n) is 9.67. The van der Waals surface area contributed by atoms with Crippen LogP contribution in [0.15, 0.2) is 54.6 Å². The molecule has 2 aromatic carbocycles. The van der Waals surface area contributed by atoms with E-state index in [1.54, 1.807) is 24.3 Å². The number of nitriles is 1. The maximum absolute atomic E-state index is 11.4. The quantitative estimate of drug-likeness (QED) is 0.606. The molecule has 3 heteroatoms. The molecule has 0 fully saturated rings. The molecule has 3 nitrogen and oxygen atoms in total. The van der Waals surface area contributed by atoms with Gasteiger partial charge in [-0.3, -0.25) is 4.79 Å². The maximum Gasteiger partial charge on any atom is 0.262 e. The number of ketones is 1. The predicted molar refractivity (Wildman–Crippen MR) is 67.2 cm³/mol. The van der Waals surface area contributed by atoms with Crippen LogP contribution in [0.2, 0.25) is 0 Å². The van der Waals surface area contributed by atoms with Gasteiger partial charge >= 0.3 is 0 Å². The van der Waals surface area contributed by atoms with Gasteiger partial charge < -0.3 is 4.74 Å². The Morgan fingerprint density at radius 1 is 1.06 bits per heavy atom. The number of Topliss-reactive ketones (excluding diaryl/α,β-unsaturated/α-hetero) is 1. The van der Waals surface area contributed by atoms with E-state index in [1.165, 1.54) is 0 Å². The molecule has 2 aromatic rings. The monoisotopic (exact) mass is 237 g/mol. The molecule has 18 heavy (non-hydrogen) atoms. The Hall–Kier alpha value is -2.60. The summed E-state index contributed by atoms with van der Waals surface area (Å²) in [6.45, 7) is 0.271. The summed E-state index contributed by atoms with van der Waals surface area (Å²) in [7, 11) is 0. The SMILES string of the molecule is N#CC(=O)c1ccccc1COc1ccccc1. The lowest BCUT2D eigenvalue weighted by Crippen LogP contribution is -2.04. The molecule has 0 saturated carbocycles. The van der Waals surface area contributed by atoms with Gasteiger partial charge in [-0.1, -0.05) is 36.4 Å². The highest BCUT2D eigenvalue weighted by Gasteiger charge is 2.10. The third-order valence-electron chi connectivity index (χ3n) is 2.50. The molecular weight excluding hydrogens is 226 g/mol. The number of carbonyl (C=O) groups excluding carboxylic acids is 1. The summed E-state index contributed by atoms with van der Waals surface area (Å²) in [5.74, 6) is 0.193. The van der Waals surface area contributed by atoms with Crippen LogP contribution in [0.3, 0.4) is 0 Å². The second-order valence-corrected chi connectivity index (χ2v) is 3.70. The van der Waals surface area contributed by atoms with Crippen LogP contribution in [0.4, 0.5) is 0 Å². The van der Waals surface area contributed by atoms with Crippen LogP contribution in [0.5, 0.6) is 5.75 Å². The van der Waals surface area contributed by atoms with E-state index >= 15 is 0 Å². The average molecular weight is 237 g/mol. The van der Waals surface area contributed by atoms with Crippen molar-refractivity contribution in [2.24, 2.45) is 0 Å². The molecule has 0 heterocycles. The van der Waals surface area contributed by atoms with Crippen molar-refractivity contribution in [3.05, 3.63) is 65.7 Å². The van der Waals surface area contributed by atoms with Crippen LogP contribution in [0, 0.1) is 11.3 Å². The molecule has 0 bridgehead atoms. The summed E-state index contributed by atoms with van der Waals surface area (Å²) in [4.78, 5) is 11.4. The highest BCUT2D eigenvalue weighted by molar-refractivity contribution is 6.08. The van der Waals surface area contributed by atoms with Crippen LogP contribution in [0.25, 0.3) is 0 Å². The van der Waals surface area contributed by atoms with E-state index in [2.05, 4.69) is 0 Å². The first-order valence-electron chi connectivity index (χ1n) is 5.51. The van der Waals surface area contributed by atoms with Crippen LogP contribution in [-0.4, -0.2) is 5.78 Å². The summed E-state index contributed by atoms with van der Waals surface area (Å²) >= 11 is 0. The van der Waals surface area contributed by atoms with E-state index < -0.39 is 5.78 Å². The maximum atomic E-state index is 11.4. The summed E-state index contributed by atoms with van der Waals surface area (Å²) in [6.07, 6.45) is 0. The molecule has 0 unspecified atom stereocenters. The van der Waals surface area contributed by atoms with Crippen molar-refractivity contribution >= 4 is 5.78 Å². The Bertz CT molecular complexity index is 585.